The van der Waals surface area contributed by atoms with Crippen molar-refractivity contribution in [1.29, 1.82) is 0 Å². The van der Waals surface area contributed by atoms with Gasteiger partial charge >= 0.3 is 6.03 Å². The first-order chi connectivity index (χ1) is 14.1. The van der Waals surface area contributed by atoms with Gasteiger partial charge in [0.05, 0.1) is 0 Å². The van der Waals surface area contributed by atoms with Crippen LogP contribution in [0.5, 0.6) is 0 Å². The molecule has 2 N–H and O–H groups in total. The lowest BCUT2D eigenvalue weighted by molar-refractivity contribution is -0.136. The Morgan fingerprint density at radius 1 is 0.966 bits per heavy atom. The van der Waals surface area contributed by atoms with Gasteiger partial charge in [-0.2, -0.15) is 0 Å². The van der Waals surface area contributed by atoms with Crippen molar-refractivity contribution < 1.29 is 14.4 Å². The molecule has 2 saturated heterocycles. The van der Waals surface area contributed by atoms with Crippen molar-refractivity contribution in [2.45, 2.75) is 45.1 Å². The first-order valence-electron chi connectivity index (χ1n) is 10.8. The van der Waals surface area contributed by atoms with Gasteiger partial charge in [0.2, 0.25) is 5.91 Å². The van der Waals surface area contributed by atoms with Gasteiger partial charge < -0.3 is 20.4 Å². The monoisotopic (exact) mass is 400 g/mol. The van der Waals surface area contributed by atoms with E-state index in [2.05, 4.69) is 10.6 Å². The highest BCUT2D eigenvalue weighted by atomic mass is 16.2. The van der Waals surface area contributed by atoms with Crippen LogP contribution >= 0.6 is 0 Å². The molecule has 7 nitrogen and oxygen atoms in total. The van der Waals surface area contributed by atoms with E-state index in [1.807, 2.05) is 30.0 Å². The zero-order valence-corrected chi connectivity index (χ0v) is 17.2. The first kappa shape index (κ1) is 21.1. The van der Waals surface area contributed by atoms with Gasteiger partial charge in [0.15, 0.2) is 0 Å². The number of piperidine rings is 2. The highest BCUT2D eigenvalue weighted by molar-refractivity contribution is 5.97. The molecule has 2 aliphatic heterocycles. The largest absolute Gasteiger partial charge is 0.341 e. The van der Waals surface area contributed by atoms with E-state index in [0.717, 1.165) is 32.4 Å². The molecule has 4 amide bonds. The normalized spacial score (nSPS) is 18.8. The average molecular weight is 401 g/mol. The van der Waals surface area contributed by atoms with Gasteiger partial charge in [-0.3, -0.25) is 9.59 Å². The molecule has 0 aromatic heterocycles. The fraction of sp³-hybridized carbons (Fsp3) is 0.591. The third kappa shape index (κ3) is 5.49. The lowest BCUT2D eigenvalue weighted by Crippen LogP contribution is -2.56. The number of benzene rings is 1. The third-order valence-corrected chi connectivity index (χ3v) is 5.88. The van der Waals surface area contributed by atoms with Crippen LogP contribution in [0.3, 0.4) is 0 Å². The maximum Gasteiger partial charge on any atom is 0.317 e. The number of hydrogen-bond donors (Lipinski definition) is 2. The van der Waals surface area contributed by atoms with Crippen LogP contribution in [0.15, 0.2) is 30.3 Å². The van der Waals surface area contributed by atoms with Crippen LogP contribution in [-0.4, -0.2) is 66.4 Å². The van der Waals surface area contributed by atoms with Gasteiger partial charge in [-0.1, -0.05) is 18.2 Å². The minimum absolute atomic E-state index is 0.0189. The van der Waals surface area contributed by atoms with Crippen LogP contribution < -0.4 is 10.6 Å². The number of urea groups is 1. The second-order valence-electron chi connectivity index (χ2n) is 7.86. The van der Waals surface area contributed by atoms with Crippen molar-refractivity contribution in [3.63, 3.8) is 0 Å². The van der Waals surface area contributed by atoms with E-state index in [1.54, 1.807) is 17.0 Å². The van der Waals surface area contributed by atoms with Gasteiger partial charge in [0, 0.05) is 38.3 Å². The van der Waals surface area contributed by atoms with Crippen molar-refractivity contribution in [3.05, 3.63) is 35.9 Å². The van der Waals surface area contributed by atoms with Gasteiger partial charge in [0.25, 0.3) is 5.91 Å². The molecule has 7 heteroatoms. The summed E-state index contributed by atoms with van der Waals surface area (Å²) in [4.78, 5) is 41.9. The maximum atomic E-state index is 13.3. The SMILES string of the molecule is CCNC(=O)N1CCC(C(NC(=O)c2ccccc2)C(=O)N2CCCCC2)CC1. The van der Waals surface area contributed by atoms with Crippen LogP contribution in [0.4, 0.5) is 4.79 Å². The number of carbonyl (C=O) groups is 3. The summed E-state index contributed by atoms with van der Waals surface area (Å²) in [6.07, 6.45) is 4.59. The molecule has 0 aliphatic carbocycles. The molecule has 29 heavy (non-hydrogen) atoms. The molecule has 0 bridgehead atoms. The van der Waals surface area contributed by atoms with E-state index in [1.165, 1.54) is 0 Å². The lowest BCUT2D eigenvalue weighted by atomic mass is 9.88. The Bertz CT molecular complexity index is 695. The molecule has 2 fully saturated rings. The van der Waals surface area contributed by atoms with E-state index in [9.17, 15) is 14.4 Å². The van der Waals surface area contributed by atoms with Crippen molar-refractivity contribution in [2.75, 3.05) is 32.7 Å². The minimum atomic E-state index is -0.544. The average Bonchev–Trinajstić information content (AvgIpc) is 2.78. The number of rotatable bonds is 5. The Kier molecular flexibility index (Phi) is 7.49. The summed E-state index contributed by atoms with van der Waals surface area (Å²) < 4.78 is 0. The Balaban J connectivity index is 1.70. The summed E-state index contributed by atoms with van der Waals surface area (Å²) in [6.45, 7) is 5.21. The number of nitrogens with one attached hydrogen (secondary N) is 2. The smallest absolute Gasteiger partial charge is 0.317 e. The first-order valence-corrected chi connectivity index (χ1v) is 10.8. The summed E-state index contributed by atoms with van der Waals surface area (Å²) in [5.41, 5.74) is 0.559. The predicted molar refractivity (Wildman–Crippen MR) is 111 cm³/mol. The van der Waals surface area contributed by atoms with E-state index in [4.69, 9.17) is 0 Å². The minimum Gasteiger partial charge on any atom is -0.341 e. The number of nitrogens with zero attached hydrogens (tertiary/aromatic N) is 2. The number of likely N-dealkylation sites (tertiary alicyclic amines) is 2. The summed E-state index contributed by atoms with van der Waals surface area (Å²) >= 11 is 0. The van der Waals surface area contributed by atoms with Gasteiger partial charge in [0.1, 0.15) is 6.04 Å². The number of hydrogen-bond acceptors (Lipinski definition) is 3. The molecule has 2 aliphatic rings. The second kappa shape index (κ2) is 10.3. The molecule has 0 radical (unpaired) electrons. The van der Waals surface area contributed by atoms with E-state index >= 15 is 0 Å². The van der Waals surface area contributed by atoms with Crippen LogP contribution in [0.2, 0.25) is 0 Å². The van der Waals surface area contributed by atoms with Crippen molar-refractivity contribution in [3.8, 4) is 0 Å². The zero-order valence-electron chi connectivity index (χ0n) is 17.2. The van der Waals surface area contributed by atoms with E-state index in [0.29, 0.717) is 38.0 Å². The Labute approximate surface area is 172 Å². The highest BCUT2D eigenvalue weighted by Crippen LogP contribution is 2.24. The van der Waals surface area contributed by atoms with Gasteiger partial charge in [-0.15, -0.1) is 0 Å². The quantitative estimate of drug-likeness (QED) is 0.795. The molecule has 0 saturated carbocycles. The van der Waals surface area contributed by atoms with Crippen molar-refractivity contribution >= 4 is 17.8 Å². The summed E-state index contributed by atoms with van der Waals surface area (Å²) in [5.74, 6) is -0.166. The molecule has 158 valence electrons. The van der Waals surface area contributed by atoms with Crippen LogP contribution in [0.25, 0.3) is 0 Å². The molecule has 1 atom stereocenters. The topological polar surface area (TPSA) is 81.8 Å². The molecule has 2 heterocycles. The summed E-state index contributed by atoms with van der Waals surface area (Å²) in [6, 6.07) is 8.42. The second-order valence-corrected chi connectivity index (χ2v) is 7.86. The molecule has 0 spiro atoms. The van der Waals surface area contributed by atoms with Crippen LogP contribution in [0, 0.1) is 5.92 Å². The van der Waals surface area contributed by atoms with Crippen molar-refractivity contribution in [2.24, 2.45) is 5.92 Å². The zero-order chi connectivity index (χ0) is 20.6. The molecule has 1 aromatic carbocycles. The summed E-state index contributed by atoms with van der Waals surface area (Å²) in [7, 11) is 0. The lowest BCUT2D eigenvalue weighted by Gasteiger charge is -2.38. The van der Waals surface area contributed by atoms with Crippen LogP contribution in [-0.2, 0) is 4.79 Å². The van der Waals surface area contributed by atoms with E-state index in [-0.39, 0.29) is 23.8 Å². The Morgan fingerprint density at radius 3 is 2.24 bits per heavy atom. The molecular weight excluding hydrogens is 368 g/mol. The predicted octanol–water partition coefficient (Wildman–Crippen LogP) is 2.24. The highest BCUT2D eigenvalue weighted by Gasteiger charge is 2.36. The number of amides is 4. The van der Waals surface area contributed by atoms with Crippen molar-refractivity contribution in [1.82, 2.24) is 20.4 Å². The molecule has 1 aromatic rings. The summed E-state index contributed by atoms with van der Waals surface area (Å²) in [5, 5.41) is 5.85. The molecular formula is C22H32N4O3. The van der Waals surface area contributed by atoms with Crippen LogP contribution in [0.1, 0.15) is 49.4 Å². The Morgan fingerprint density at radius 2 is 1.62 bits per heavy atom. The maximum absolute atomic E-state index is 13.3. The van der Waals surface area contributed by atoms with E-state index < -0.39 is 6.04 Å². The fourth-order valence-corrected chi connectivity index (χ4v) is 4.21. The molecule has 1 unspecified atom stereocenters. The van der Waals surface area contributed by atoms with Gasteiger partial charge in [-0.25, -0.2) is 4.79 Å². The number of carbonyl (C=O) groups excluding carboxylic acids is 3. The van der Waals surface area contributed by atoms with Gasteiger partial charge in [-0.05, 0) is 57.1 Å². The Hall–Kier alpha value is -2.57. The molecule has 3 rings (SSSR count). The third-order valence-electron chi connectivity index (χ3n) is 5.88. The standard InChI is InChI=1S/C22H32N4O3/c1-2-23-22(29)26-15-11-17(12-16-26)19(21(28)25-13-7-4-8-14-25)24-20(27)18-9-5-3-6-10-18/h3,5-6,9-10,17,19H,2,4,7-8,11-16H2,1H3,(H,23,29)(H,24,27). The fourth-order valence-electron chi connectivity index (χ4n) is 4.21.